The molecule has 1 rings (SSSR count). The van der Waals surface area contributed by atoms with Crippen molar-refractivity contribution in [1.29, 1.82) is 0 Å². The summed E-state index contributed by atoms with van der Waals surface area (Å²) in [6.45, 7) is 7.12. The zero-order valence-corrected chi connectivity index (χ0v) is 11.7. The predicted octanol–water partition coefficient (Wildman–Crippen LogP) is 1.28. The summed E-state index contributed by atoms with van der Waals surface area (Å²) in [6, 6.07) is 8.10. The Morgan fingerprint density at radius 1 is 1.44 bits per heavy atom. The van der Waals surface area contributed by atoms with Crippen molar-refractivity contribution >= 4 is 11.6 Å². The maximum atomic E-state index is 11.6. The highest BCUT2D eigenvalue weighted by Gasteiger charge is 2.31. The van der Waals surface area contributed by atoms with E-state index in [-0.39, 0.29) is 5.91 Å². The van der Waals surface area contributed by atoms with Crippen molar-refractivity contribution in [1.82, 2.24) is 5.32 Å². The molecule has 0 aliphatic carbocycles. The fourth-order valence-electron chi connectivity index (χ4n) is 2.16. The number of rotatable bonds is 6. The number of benzene rings is 1. The highest BCUT2D eigenvalue weighted by molar-refractivity contribution is 5.85. The number of para-hydroxylation sites is 1. The quantitative estimate of drug-likeness (QED) is 0.798. The molecule has 0 saturated heterocycles. The number of nitrogens with one attached hydrogen (secondary N) is 1. The molecule has 0 fully saturated rings. The van der Waals surface area contributed by atoms with Crippen LogP contribution in [-0.4, -0.2) is 31.6 Å². The van der Waals surface area contributed by atoms with Gasteiger partial charge in [0, 0.05) is 19.3 Å². The van der Waals surface area contributed by atoms with E-state index < -0.39 is 5.54 Å². The Morgan fingerprint density at radius 2 is 2.06 bits per heavy atom. The molecule has 1 amide bonds. The SMILES string of the molecule is CCNC(C)(CN(C)c1ccccc1C)C(N)=O. The van der Waals surface area contributed by atoms with Crippen LogP contribution in [0.2, 0.25) is 0 Å². The first-order chi connectivity index (χ1) is 8.40. The van der Waals surface area contributed by atoms with Gasteiger partial charge in [-0.2, -0.15) is 0 Å². The summed E-state index contributed by atoms with van der Waals surface area (Å²) < 4.78 is 0. The van der Waals surface area contributed by atoms with Crippen LogP contribution in [0.1, 0.15) is 19.4 Å². The fraction of sp³-hybridized carbons (Fsp3) is 0.500. The Morgan fingerprint density at radius 3 is 2.56 bits per heavy atom. The number of anilines is 1. The van der Waals surface area contributed by atoms with Gasteiger partial charge in [0.05, 0.1) is 0 Å². The number of nitrogens with two attached hydrogens (primary N) is 1. The molecule has 0 aliphatic heterocycles. The minimum Gasteiger partial charge on any atom is -0.372 e. The van der Waals surface area contributed by atoms with Crippen LogP contribution in [0.5, 0.6) is 0 Å². The molecule has 4 nitrogen and oxygen atoms in total. The number of likely N-dealkylation sites (N-methyl/N-ethyl adjacent to an activating group) is 2. The first-order valence-electron chi connectivity index (χ1n) is 6.22. The maximum Gasteiger partial charge on any atom is 0.239 e. The number of hydrogen-bond donors (Lipinski definition) is 2. The summed E-state index contributed by atoms with van der Waals surface area (Å²) in [6.07, 6.45) is 0. The number of primary amides is 1. The molecular formula is C14H23N3O. The summed E-state index contributed by atoms with van der Waals surface area (Å²) in [4.78, 5) is 13.7. The van der Waals surface area contributed by atoms with Gasteiger partial charge in [-0.05, 0) is 32.0 Å². The summed E-state index contributed by atoms with van der Waals surface area (Å²) in [5.74, 6) is -0.329. The zero-order chi connectivity index (χ0) is 13.8. The molecule has 1 unspecified atom stereocenters. The molecule has 0 aliphatic rings. The Bertz CT molecular complexity index is 419. The van der Waals surface area contributed by atoms with Gasteiger partial charge in [-0.1, -0.05) is 25.1 Å². The minimum absolute atomic E-state index is 0.329. The van der Waals surface area contributed by atoms with Crippen LogP contribution in [0.3, 0.4) is 0 Å². The van der Waals surface area contributed by atoms with Crippen LogP contribution in [0.25, 0.3) is 0 Å². The molecule has 0 heterocycles. The number of carbonyl (C=O) groups is 1. The van der Waals surface area contributed by atoms with Gasteiger partial charge in [-0.15, -0.1) is 0 Å². The van der Waals surface area contributed by atoms with Gasteiger partial charge < -0.3 is 16.0 Å². The second-order valence-electron chi connectivity index (χ2n) is 4.87. The molecule has 0 saturated carbocycles. The molecule has 3 N–H and O–H groups in total. The van der Waals surface area contributed by atoms with E-state index in [4.69, 9.17) is 5.73 Å². The van der Waals surface area contributed by atoms with E-state index in [0.717, 1.165) is 5.69 Å². The molecule has 0 bridgehead atoms. The lowest BCUT2D eigenvalue weighted by Crippen LogP contribution is -2.59. The Balaban J connectivity index is 2.89. The van der Waals surface area contributed by atoms with Crippen LogP contribution in [0.4, 0.5) is 5.69 Å². The maximum absolute atomic E-state index is 11.6. The number of carbonyl (C=O) groups excluding carboxylic acids is 1. The molecule has 0 radical (unpaired) electrons. The van der Waals surface area contributed by atoms with E-state index >= 15 is 0 Å². The first kappa shape index (κ1) is 14.5. The lowest BCUT2D eigenvalue weighted by molar-refractivity contribution is -0.123. The topological polar surface area (TPSA) is 58.4 Å². The Hall–Kier alpha value is -1.55. The monoisotopic (exact) mass is 249 g/mol. The molecule has 1 aromatic carbocycles. The van der Waals surface area contributed by atoms with Crippen LogP contribution in [0, 0.1) is 6.92 Å². The van der Waals surface area contributed by atoms with Crippen molar-refractivity contribution in [2.24, 2.45) is 5.73 Å². The average Bonchev–Trinajstić information content (AvgIpc) is 2.29. The van der Waals surface area contributed by atoms with E-state index in [0.29, 0.717) is 13.1 Å². The number of amides is 1. The van der Waals surface area contributed by atoms with E-state index in [1.165, 1.54) is 5.56 Å². The van der Waals surface area contributed by atoms with Crippen molar-refractivity contribution in [2.75, 3.05) is 25.0 Å². The molecule has 4 heteroatoms. The third kappa shape index (κ3) is 3.23. The summed E-state index contributed by atoms with van der Waals surface area (Å²) in [7, 11) is 1.97. The van der Waals surface area contributed by atoms with Gasteiger partial charge in [-0.3, -0.25) is 4.79 Å². The van der Waals surface area contributed by atoms with Crippen LogP contribution in [-0.2, 0) is 4.79 Å². The van der Waals surface area contributed by atoms with Gasteiger partial charge in [0.25, 0.3) is 0 Å². The second kappa shape index (κ2) is 5.87. The molecule has 0 aromatic heterocycles. The van der Waals surface area contributed by atoms with Crippen molar-refractivity contribution in [3.8, 4) is 0 Å². The molecule has 1 aromatic rings. The zero-order valence-electron chi connectivity index (χ0n) is 11.7. The number of aryl methyl sites for hydroxylation is 1. The lowest BCUT2D eigenvalue weighted by atomic mass is 10.00. The van der Waals surface area contributed by atoms with Gasteiger partial charge in [-0.25, -0.2) is 0 Å². The van der Waals surface area contributed by atoms with E-state index in [1.807, 2.05) is 39.1 Å². The van der Waals surface area contributed by atoms with Gasteiger partial charge in [0.15, 0.2) is 0 Å². The normalized spacial score (nSPS) is 14.0. The van der Waals surface area contributed by atoms with Crippen LogP contribution in [0.15, 0.2) is 24.3 Å². The molecule has 18 heavy (non-hydrogen) atoms. The third-order valence-electron chi connectivity index (χ3n) is 3.19. The highest BCUT2D eigenvalue weighted by Crippen LogP contribution is 2.19. The van der Waals surface area contributed by atoms with Gasteiger partial charge in [0.1, 0.15) is 5.54 Å². The highest BCUT2D eigenvalue weighted by atomic mass is 16.1. The molecule has 0 spiro atoms. The predicted molar refractivity (Wildman–Crippen MR) is 75.7 cm³/mol. The largest absolute Gasteiger partial charge is 0.372 e. The molecular weight excluding hydrogens is 226 g/mol. The van der Waals surface area contributed by atoms with E-state index in [2.05, 4.69) is 23.2 Å². The van der Waals surface area contributed by atoms with E-state index in [9.17, 15) is 4.79 Å². The fourth-order valence-corrected chi connectivity index (χ4v) is 2.16. The van der Waals surface area contributed by atoms with Gasteiger partial charge in [0.2, 0.25) is 5.91 Å². The Labute approximate surface area is 109 Å². The molecule has 1 atom stereocenters. The van der Waals surface area contributed by atoms with Crippen molar-refractivity contribution in [3.63, 3.8) is 0 Å². The van der Waals surface area contributed by atoms with Crippen LogP contribution < -0.4 is 16.0 Å². The standard InChI is InChI=1S/C14H23N3O/c1-5-16-14(3,13(15)18)10-17(4)12-9-7-6-8-11(12)2/h6-9,16H,5,10H2,1-4H3,(H2,15,18). The number of nitrogens with zero attached hydrogens (tertiary/aromatic N) is 1. The average molecular weight is 249 g/mol. The summed E-state index contributed by atoms with van der Waals surface area (Å²) in [5, 5.41) is 3.16. The number of hydrogen-bond acceptors (Lipinski definition) is 3. The first-order valence-corrected chi connectivity index (χ1v) is 6.22. The smallest absolute Gasteiger partial charge is 0.239 e. The minimum atomic E-state index is -0.716. The third-order valence-corrected chi connectivity index (χ3v) is 3.19. The second-order valence-corrected chi connectivity index (χ2v) is 4.87. The van der Waals surface area contributed by atoms with E-state index in [1.54, 1.807) is 0 Å². The van der Waals surface area contributed by atoms with Crippen molar-refractivity contribution in [2.45, 2.75) is 26.3 Å². The van der Waals surface area contributed by atoms with Crippen molar-refractivity contribution < 1.29 is 4.79 Å². The molecule has 100 valence electrons. The van der Waals surface area contributed by atoms with Crippen LogP contribution >= 0.6 is 0 Å². The van der Waals surface area contributed by atoms with Crippen molar-refractivity contribution in [3.05, 3.63) is 29.8 Å². The van der Waals surface area contributed by atoms with Gasteiger partial charge >= 0.3 is 0 Å². The summed E-state index contributed by atoms with van der Waals surface area (Å²) in [5.41, 5.74) is 7.07. The lowest BCUT2D eigenvalue weighted by Gasteiger charge is -2.33. The summed E-state index contributed by atoms with van der Waals surface area (Å²) >= 11 is 0. The Kier molecular flexibility index (Phi) is 4.73.